The van der Waals surface area contributed by atoms with Crippen molar-refractivity contribution in [1.82, 2.24) is 5.32 Å². The van der Waals surface area contributed by atoms with Crippen molar-refractivity contribution in [2.24, 2.45) is 0 Å². The van der Waals surface area contributed by atoms with Gasteiger partial charge in [0.1, 0.15) is 0 Å². The number of aryl methyl sites for hydroxylation is 2. The molecule has 1 atom stereocenters. The first-order valence-electron chi connectivity index (χ1n) is 8.81. The molecule has 2 nitrogen and oxygen atoms in total. The number of amides is 1. The molecule has 3 rings (SSSR count). The van der Waals surface area contributed by atoms with E-state index in [2.05, 4.69) is 30.4 Å². The normalized spacial score (nSPS) is 14.8. The first-order chi connectivity index (χ1) is 11.7. The lowest BCUT2D eigenvalue weighted by Gasteiger charge is -2.22. The molecule has 0 saturated carbocycles. The van der Waals surface area contributed by atoms with Crippen LogP contribution in [0, 0.1) is 0 Å². The summed E-state index contributed by atoms with van der Waals surface area (Å²) >= 11 is 5.99. The molecule has 0 bridgehead atoms. The van der Waals surface area contributed by atoms with Crippen LogP contribution in [0.15, 0.2) is 42.5 Å². The Balaban J connectivity index is 1.69. The summed E-state index contributed by atoms with van der Waals surface area (Å²) < 4.78 is 0. The molecule has 1 aliphatic carbocycles. The van der Waals surface area contributed by atoms with E-state index in [-0.39, 0.29) is 11.9 Å². The molecule has 0 spiro atoms. The van der Waals surface area contributed by atoms with Gasteiger partial charge in [0.05, 0.1) is 12.5 Å². The maximum atomic E-state index is 12.4. The molecule has 0 aromatic heterocycles. The van der Waals surface area contributed by atoms with Crippen LogP contribution in [-0.4, -0.2) is 5.91 Å². The predicted molar refractivity (Wildman–Crippen MR) is 99.4 cm³/mol. The van der Waals surface area contributed by atoms with Crippen LogP contribution in [0.3, 0.4) is 0 Å². The molecule has 126 valence electrons. The van der Waals surface area contributed by atoms with Crippen LogP contribution in [0.2, 0.25) is 5.02 Å². The van der Waals surface area contributed by atoms with Gasteiger partial charge in [0.2, 0.25) is 5.91 Å². The van der Waals surface area contributed by atoms with Crippen molar-refractivity contribution in [3.05, 3.63) is 69.7 Å². The summed E-state index contributed by atoms with van der Waals surface area (Å²) in [6.07, 6.45) is 6.17. The third kappa shape index (κ3) is 4.18. The third-order valence-electron chi connectivity index (χ3n) is 4.77. The molecular weight excluding hydrogens is 318 g/mol. The Bertz CT molecular complexity index is 726. The molecule has 2 aromatic rings. The van der Waals surface area contributed by atoms with E-state index in [0.717, 1.165) is 18.4 Å². The zero-order valence-electron chi connectivity index (χ0n) is 14.1. The second-order valence-electron chi connectivity index (χ2n) is 6.57. The van der Waals surface area contributed by atoms with E-state index in [1.165, 1.54) is 36.0 Å². The van der Waals surface area contributed by atoms with Gasteiger partial charge >= 0.3 is 0 Å². The minimum atomic E-state index is 0.0434. The number of fused-ring (bicyclic) bond motifs is 1. The van der Waals surface area contributed by atoms with Crippen molar-refractivity contribution >= 4 is 17.5 Å². The number of halogens is 1. The van der Waals surface area contributed by atoms with Gasteiger partial charge in [-0.15, -0.1) is 0 Å². The standard InChI is InChI=1S/C21H24ClNO/c1-2-20(18-11-10-16-7-3-4-8-17(16)14-18)23-21(24)13-15-6-5-9-19(22)12-15/h5-6,9-12,14,20H,2-4,7-8,13H2,1H3,(H,23,24). The monoisotopic (exact) mass is 341 g/mol. The molecule has 2 aromatic carbocycles. The summed E-state index contributed by atoms with van der Waals surface area (Å²) in [7, 11) is 0. The lowest BCUT2D eigenvalue weighted by molar-refractivity contribution is -0.121. The maximum Gasteiger partial charge on any atom is 0.224 e. The molecule has 1 amide bonds. The Hall–Kier alpha value is -1.80. The highest BCUT2D eigenvalue weighted by Crippen LogP contribution is 2.26. The highest BCUT2D eigenvalue weighted by molar-refractivity contribution is 6.30. The first-order valence-corrected chi connectivity index (χ1v) is 9.19. The second kappa shape index (κ2) is 7.85. The van der Waals surface area contributed by atoms with Gasteiger partial charge in [-0.3, -0.25) is 4.79 Å². The van der Waals surface area contributed by atoms with E-state index in [1.807, 2.05) is 24.3 Å². The Morgan fingerprint density at radius 1 is 1.12 bits per heavy atom. The highest BCUT2D eigenvalue weighted by atomic mass is 35.5. The van der Waals surface area contributed by atoms with E-state index in [9.17, 15) is 4.79 Å². The maximum absolute atomic E-state index is 12.4. The number of rotatable bonds is 5. The molecule has 24 heavy (non-hydrogen) atoms. The van der Waals surface area contributed by atoms with Crippen LogP contribution in [0.5, 0.6) is 0 Å². The number of carbonyl (C=O) groups is 1. The van der Waals surface area contributed by atoms with Gasteiger partial charge in [0.15, 0.2) is 0 Å². The molecule has 0 saturated heterocycles. The lowest BCUT2D eigenvalue weighted by atomic mass is 9.88. The Morgan fingerprint density at radius 3 is 2.67 bits per heavy atom. The van der Waals surface area contributed by atoms with Crippen molar-refractivity contribution in [3.63, 3.8) is 0 Å². The predicted octanol–water partition coefficient (Wildman–Crippen LogP) is 5.03. The highest BCUT2D eigenvalue weighted by Gasteiger charge is 2.16. The van der Waals surface area contributed by atoms with Crippen LogP contribution in [0.1, 0.15) is 54.5 Å². The summed E-state index contributed by atoms with van der Waals surface area (Å²) in [4.78, 5) is 12.4. The van der Waals surface area contributed by atoms with Crippen molar-refractivity contribution in [2.45, 2.75) is 51.5 Å². The van der Waals surface area contributed by atoms with Gasteiger partial charge in [-0.25, -0.2) is 0 Å². The smallest absolute Gasteiger partial charge is 0.224 e. The second-order valence-corrected chi connectivity index (χ2v) is 7.01. The van der Waals surface area contributed by atoms with E-state index >= 15 is 0 Å². The molecule has 0 aliphatic heterocycles. The lowest BCUT2D eigenvalue weighted by Crippen LogP contribution is -2.29. The van der Waals surface area contributed by atoms with Crippen molar-refractivity contribution in [1.29, 1.82) is 0 Å². The fourth-order valence-electron chi connectivity index (χ4n) is 3.47. The summed E-state index contributed by atoms with van der Waals surface area (Å²) in [6, 6.07) is 14.3. The van der Waals surface area contributed by atoms with Gasteiger partial charge in [-0.1, -0.05) is 48.9 Å². The zero-order chi connectivity index (χ0) is 16.9. The zero-order valence-corrected chi connectivity index (χ0v) is 14.9. The first kappa shape index (κ1) is 17.0. The molecule has 3 heteroatoms. The fourth-order valence-corrected chi connectivity index (χ4v) is 3.68. The number of hydrogen-bond donors (Lipinski definition) is 1. The van der Waals surface area contributed by atoms with Crippen molar-refractivity contribution in [2.75, 3.05) is 0 Å². The van der Waals surface area contributed by atoms with Crippen LogP contribution >= 0.6 is 11.6 Å². The average Bonchev–Trinajstić information content (AvgIpc) is 2.59. The van der Waals surface area contributed by atoms with Gasteiger partial charge in [-0.05, 0) is 66.5 Å². The minimum Gasteiger partial charge on any atom is -0.349 e. The third-order valence-corrected chi connectivity index (χ3v) is 5.01. The molecule has 0 heterocycles. The SMILES string of the molecule is CCC(NC(=O)Cc1cccc(Cl)c1)c1ccc2c(c1)CCCC2. The fraction of sp³-hybridized carbons (Fsp3) is 0.381. The summed E-state index contributed by atoms with van der Waals surface area (Å²) in [5.41, 5.74) is 5.10. The van der Waals surface area contributed by atoms with E-state index in [0.29, 0.717) is 11.4 Å². The molecule has 0 fully saturated rings. The number of benzene rings is 2. The van der Waals surface area contributed by atoms with Gasteiger partial charge in [0.25, 0.3) is 0 Å². The minimum absolute atomic E-state index is 0.0434. The summed E-state index contributed by atoms with van der Waals surface area (Å²) in [5.74, 6) is 0.0434. The average molecular weight is 342 g/mol. The molecule has 1 unspecified atom stereocenters. The van der Waals surface area contributed by atoms with Crippen LogP contribution < -0.4 is 5.32 Å². The van der Waals surface area contributed by atoms with Gasteiger partial charge in [0, 0.05) is 5.02 Å². The summed E-state index contributed by atoms with van der Waals surface area (Å²) in [6.45, 7) is 2.11. The molecule has 0 radical (unpaired) electrons. The largest absolute Gasteiger partial charge is 0.349 e. The summed E-state index contributed by atoms with van der Waals surface area (Å²) in [5, 5.41) is 3.84. The van der Waals surface area contributed by atoms with Crippen molar-refractivity contribution < 1.29 is 4.79 Å². The molecule has 1 aliphatic rings. The van der Waals surface area contributed by atoms with Crippen LogP contribution in [0.25, 0.3) is 0 Å². The number of nitrogens with one attached hydrogen (secondary N) is 1. The number of hydrogen-bond acceptors (Lipinski definition) is 1. The van der Waals surface area contributed by atoms with Crippen LogP contribution in [0.4, 0.5) is 0 Å². The van der Waals surface area contributed by atoms with E-state index in [1.54, 1.807) is 0 Å². The van der Waals surface area contributed by atoms with E-state index < -0.39 is 0 Å². The number of carbonyl (C=O) groups excluding carboxylic acids is 1. The van der Waals surface area contributed by atoms with Crippen molar-refractivity contribution in [3.8, 4) is 0 Å². The Kier molecular flexibility index (Phi) is 5.57. The van der Waals surface area contributed by atoms with E-state index in [4.69, 9.17) is 11.6 Å². The topological polar surface area (TPSA) is 29.1 Å². The Labute approximate surface area is 149 Å². The quantitative estimate of drug-likeness (QED) is 0.812. The molecule has 1 N–H and O–H groups in total. The van der Waals surface area contributed by atoms with Gasteiger partial charge < -0.3 is 5.32 Å². The van der Waals surface area contributed by atoms with Gasteiger partial charge in [-0.2, -0.15) is 0 Å². The molecular formula is C21H24ClNO. The van der Waals surface area contributed by atoms with Crippen LogP contribution in [-0.2, 0) is 24.1 Å². The Morgan fingerprint density at radius 2 is 1.92 bits per heavy atom.